The van der Waals surface area contributed by atoms with Crippen molar-refractivity contribution in [3.63, 3.8) is 0 Å². The Labute approximate surface area is 87.7 Å². The molecule has 0 aromatic carbocycles. The van der Waals surface area contributed by atoms with E-state index < -0.39 is 10.2 Å². The molecule has 0 saturated heterocycles. The van der Waals surface area contributed by atoms with Crippen LogP contribution in [0.25, 0.3) is 0 Å². The number of nitrogens with zero attached hydrogens (tertiary/aromatic N) is 1. The lowest BCUT2D eigenvalue weighted by Gasteiger charge is -2.25. The molecule has 1 heterocycles. The maximum Gasteiger partial charge on any atom is 0.279 e. The van der Waals surface area contributed by atoms with Crippen LogP contribution in [0.4, 0.5) is 0 Å². The van der Waals surface area contributed by atoms with Crippen LogP contribution in [0.2, 0.25) is 0 Å². The molecule has 0 aliphatic carbocycles. The van der Waals surface area contributed by atoms with Crippen LogP contribution < -0.4 is 4.72 Å². The highest BCUT2D eigenvalue weighted by Gasteiger charge is 2.25. The van der Waals surface area contributed by atoms with Crippen LogP contribution in [-0.4, -0.2) is 32.9 Å². The monoisotopic (exact) mass is 244 g/mol. The number of hydrogen-bond acceptors (Lipinski definition) is 2. The molecule has 0 unspecified atom stereocenters. The molecule has 0 aromatic heterocycles. The van der Waals surface area contributed by atoms with Crippen molar-refractivity contribution in [3.8, 4) is 0 Å². The quantitative estimate of drug-likeness (QED) is 0.783. The van der Waals surface area contributed by atoms with Gasteiger partial charge in [0.1, 0.15) is 0 Å². The van der Waals surface area contributed by atoms with Crippen molar-refractivity contribution < 1.29 is 8.42 Å². The first-order valence-corrected chi connectivity index (χ1v) is 5.88. The number of hydrogen-bond donors (Lipinski definition) is 1. The van der Waals surface area contributed by atoms with Crippen molar-refractivity contribution >= 4 is 33.4 Å². The number of halogens is 2. The van der Waals surface area contributed by atoms with Gasteiger partial charge in [0.25, 0.3) is 10.2 Å². The average Bonchev–Trinajstić information content (AvgIpc) is 2.09. The van der Waals surface area contributed by atoms with Crippen molar-refractivity contribution in [3.05, 3.63) is 10.1 Å². The van der Waals surface area contributed by atoms with Gasteiger partial charge < -0.3 is 0 Å². The van der Waals surface area contributed by atoms with Gasteiger partial charge >= 0.3 is 0 Å². The molecule has 0 aromatic rings. The van der Waals surface area contributed by atoms with E-state index in [1.807, 2.05) is 0 Å². The Morgan fingerprint density at radius 2 is 2.00 bits per heavy atom. The predicted molar refractivity (Wildman–Crippen MR) is 52.9 cm³/mol. The Kier molecular flexibility index (Phi) is 3.59. The van der Waals surface area contributed by atoms with Crippen molar-refractivity contribution in [2.45, 2.75) is 6.42 Å². The van der Waals surface area contributed by atoms with Gasteiger partial charge in [-0.1, -0.05) is 23.2 Å². The normalized spacial score (nSPS) is 20.8. The smallest absolute Gasteiger partial charge is 0.205 e. The zero-order valence-electron chi connectivity index (χ0n) is 7.05. The summed E-state index contributed by atoms with van der Waals surface area (Å²) in [5.41, 5.74) is 0. The molecular weight excluding hydrogens is 235 g/mol. The third-order valence-corrected chi connectivity index (χ3v) is 4.16. The maximum absolute atomic E-state index is 11.3. The van der Waals surface area contributed by atoms with Gasteiger partial charge in [-0.2, -0.15) is 12.7 Å². The number of rotatable bonds is 2. The molecule has 0 bridgehead atoms. The van der Waals surface area contributed by atoms with Crippen LogP contribution >= 0.6 is 23.2 Å². The molecule has 1 aliphatic heterocycles. The predicted octanol–water partition coefficient (Wildman–Crippen LogP) is 0.846. The van der Waals surface area contributed by atoms with E-state index in [0.29, 0.717) is 23.0 Å². The zero-order valence-corrected chi connectivity index (χ0v) is 9.38. The van der Waals surface area contributed by atoms with Gasteiger partial charge in [-0.3, -0.25) is 0 Å². The molecule has 1 rings (SSSR count). The topological polar surface area (TPSA) is 49.4 Å². The van der Waals surface area contributed by atoms with E-state index in [-0.39, 0.29) is 6.54 Å². The Morgan fingerprint density at radius 1 is 1.38 bits per heavy atom. The lowest BCUT2D eigenvalue weighted by Crippen LogP contribution is -2.41. The van der Waals surface area contributed by atoms with Crippen LogP contribution in [0.1, 0.15) is 6.42 Å². The van der Waals surface area contributed by atoms with Crippen molar-refractivity contribution in [1.29, 1.82) is 0 Å². The lowest BCUT2D eigenvalue weighted by molar-refractivity contribution is 0.426. The molecule has 1 aliphatic rings. The van der Waals surface area contributed by atoms with Crippen LogP contribution in [0.15, 0.2) is 10.1 Å². The maximum atomic E-state index is 11.3. The van der Waals surface area contributed by atoms with Crippen molar-refractivity contribution in [2.75, 3.05) is 20.1 Å². The van der Waals surface area contributed by atoms with Gasteiger partial charge in [0.2, 0.25) is 0 Å². The highest BCUT2D eigenvalue weighted by molar-refractivity contribution is 7.87. The van der Waals surface area contributed by atoms with E-state index in [1.165, 1.54) is 11.4 Å². The Balaban J connectivity index is 2.80. The summed E-state index contributed by atoms with van der Waals surface area (Å²) in [5.74, 6) is 0. The molecule has 13 heavy (non-hydrogen) atoms. The first-order chi connectivity index (χ1) is 5.97. The van der Waals surface area contributed by atoms with E-state index in [9.17, 15) is 8.42 Å². The van der Waals surface area contributed by atoms with Gasteiger partial charge in [0.15, 0.2) is 0 Å². The Hall–Kier alpha value is 0.190. The van der Waals surface area contributed by atoms with E-state index in [1.54, 1.807) is 0 Å². The molecule has 0 amide bonds. The van der Waals surface area contributed by atoms with Crippen LogP contribution in [0.3, 0.4) is 0 Å². The highest BCUT2D eigenvalue weighted by atomic mass is 35.5. The number of nitrogens with one attached hydrogen (secondary N) is 1. The van der Waals surface area contributed by atoms with Gasteiger partial charge in [-0.25, -0.2) is 4.72 Å². The summed E-state index contributed by atoms with van der Waals surface area (Å²) in [5, 5.41) is 0.941. The molecule has 1 N–H and O–H groups in total. The van der Waals surface area contributed by atoms with E-state index in [0.717, 1.165) is 0 Å². The largest absolute Gasteiger partial charge is 0.279 e. The lowest BCUT2D eigenvalue weighted by atomic mass is 10.3. The van der Waals surface area contributed by atoms with E-state index in [2.05, 4.69) is 4.72 Å². The summed E-state index contributed by atoms with van der Waals surface area (Å²) >= 11 is 11.5. The Morgan fingerprint density at radius 3 is 2.46 bits per heavy atom. The summed E-state index contributed by atoms with van der Waals surface area (Å²) in [7, 11) is -2.01. The molecule has 0 atom stereocenters. The minimum absolute atomic E-state index is 0.156. The molecule has 0 spiro atoms. The van der Waals surface area contributed by atoms with Gasteiger partial charge in [-0.05, 0) is 6.42 Å². The summed E-state index contributed by atoms with van der Waals surface area (Å²) < 4.78 is 26.1. The third kappa shape index (κ3) is 2.57. The van der Waals surface area contributed by atoms with Gasteiger partial charge in [0.05, 0.1) is 6.54 Å². The molecule has 76 valence electrons. The minimum Gasteiger partial charge on any atom is -0.205 e. The first kappa shape index (κ1) is 11.3. The van der Waals surface area contributed by atoms with Crippen LogP contribution in [0.5, 0.6) is 0 Å². The fraction of sp³-hybridized carbons (Fsp3) is 0.667. The fourth-order valence-electron chi connectivity index (χ4n) is 1.01. The summed E-state index contributed by atoms with van der Waals surface area (Å²) in [6.07, 6.45) is 0.474. The van der Waals surface area contributed by atoms with E-state index >= 15 is 0 Å². The fourth-order valence-corrected chi connectivity index (χ4v) is 2.36. The second kappa shape index (κ2) is 4.14. The van der Waals surface area contributed by atoms with Crippen molar-refractivity contribution in [2.24, 2.45) is 0 Å². The average molecular weight is 245 g/mol. The van der Waals surface area contributed by atoms with Gasteiger partial charge in [0, 0.05) is 23.7 Å². The molecule has 7 heteroatoms. The molecule has 0 saturated carbocycles. The van der Waals surface area contributed by atoms with Crippen molar-refractivity contribution in [1.82, 2.24) is 9.03 Å². The molecular formula is C6H10Cl2N2O2S. The summed E-state index contributed by atoms with van der Waals surface area (Å²) in [6, 6.07) is 0. The SMILES string of the molecule is CNS(=O)(=O)N1CCC(Cl)=C(Cl)C1. The van der Waals surface area contributed by atoms with Crippen LogP contribution in [-0.2, 0) is 10.2 Å². The summed E-state index contributed by atoms with van der Waals surface area (Å²) in [6.45, 7) is 0.530. The standard InChI is InChI=1S/C6H10Cl2N2O2S/c1-9-13(11,12)10-3-2-5(7)6(8)4-10/h9H,2-4H2,1H3. The zero-order chi connectivity index (χ0) is 10.1. The summed E-state index contributed by atoms with van der Waals surface area (Å²) in [4.78, 5) is 0. The highest BCUT2D eigenvalue weighted by Crippen LogP contribution is 2.24. The van der Waals surface area contributed by atoms with Crippen LogP contribution in [0, 0.1) is 0 Å². The van der Waals surface area contributed by atoms with Gasteiger partial charge in [-0.15, -0.1) is 0 Å². The third-order valence-electron chi connectivity index (χ3n) is 1.79. The molecule has 0 radical (unpaired) electrons. The second-order valence-electron chi connectivity index (χ2n) is 2.60. The molecule has 0 fully saturated rings. The first-order valence-electron chi connectivity index (χ1n) is 3.69. The minimum atomic E-state index is -3.37. The molecule has 4 nitrogen and oxygen atoms in total. The Bertz CT molecular complexity index is 326. The second-order valence-corrected chi connectivity index (χ2v) is 5.39. The van der Waals surface area contributed by atoms with E-state index in [4.69, 9.17) is 23.2 Å².